The average molecular weight is 270 g/mol. The number of aldehydes is 1. The van der Waals surface area contributed by atoms with E-state index in [4.69, 9.17) is 21.4 Å². The first-order valence-corrected chi connectivity index (χ1v) is 6.27. The second-order valence-corrected chi connectivity index (χ2v) is 4.88. The summed E-state index contributed by atoms with van der Waals surface area (Å²) in [4.78, 5) is 12.8. The van der Waals surface area contributed by atoms with Crippen LogP contribution in [-0.2, 0) is 4.74 Å². The van der Waals surface area contributed by atoms with Gasteiger partial charge in [-0.05, 0) is 25.1 Å². The number of morpholine rings is 1. The first-order valence-electron chi connectivity index (χ1n) is 5.89. The molecule has 0 amide bonds. The molecule has 18 heavy (non-hydrogen) atoms. The number of ether oxygens (including phenoxy) is 1. The van der Waals surface area contributed by atoms with Gasteiger partial charge in [-0.25, -0.2) is 0 Å². The fraction of sp³-hybridized carbons (Fsp3) is 0.462. The number of halogens is 1. The molecule has 1 N–H and O–H groups in total. The highest BCUT2D eigenvalue weighted by Crippen LogP contribution is 2.30. The zero-order chi connectivity index (χ0) is 13.1. The van der Waals surface area contributed by atoms with Gasteiger partial charge in [0, 0.05) is 18.2 Å². The van der Waals surface area contributed by atoms with E-state index < -0.39 is 0 Å². The van der Waals surface area contributed by atoms with E-state index in [-0.39, 0.29) is 18.8 Å². The van der Waals surface area contributed by atoms with Gasteiger partial charge in [0.1, 0.15) is 6.29 Å². The van der Waals surface area contributed by atoms with Gasteiger partial charge in [0.2, 0.25) is 0 Å². The van der Waals surface area contributed by atoms with Crippen LogP contribution in [0.25, 0.3) is 0 Å². The summed E-state index contributed by atoms with van der Waals surface area (Å²) >= 11 is 6.19. The number of carbonyl (C=O) groups is 1. The molecule has 1 saturated heterocycles. The van der Waals surface area contributed by atoms with Crippen molar-refractivity contribution in [3.63, 3.8) is 0 Å². The zero-order valence-corrected chi connectivity index (χ0v) is 10.9. The van der Waals surface area contributed by atoms with E-state index in [1.165, 1.54) is 0 Å². The van der Waals surface area contributed by atoms with Crippen molar-refractivity contribution in [2.45, 2.75) is 19.1 Å². The molecule has 98 valence electrons. The zero-order valence-electron chi connectivity index (χ0n) is 10.2. The summed E-state index contributed by atoms with van der Waals surface area (Å²) < 4.78 is 5.48. The Hall–Kier alpha value is -1.10. The van der Waals surface area contributed by atoms with Crippen molar-refractivity contribution >= 4 is 23.6 Å². The molecule has 4 nitrogen and oxygen atoms in total. The van der Waals surface area contributed by atoms with E-state index in [0.29, 0.717) is 23.7 Å². The Bertz CT molecular complexity index is 438. The summed E-state index contributed by atoms with van der Waals surface area (Å²) in [6.45, 7) is 3.18. The molecule has 2 rings (SSSR count). The number of rotatable bonds is 3. The summed E-state index contributed by atoms with van der Waals surface area (Å²) in [5.41, 5.74) is 1.43. The summed E-state index contributed by atoms with van der Waals surface area (Å²) in [5, 5.41) is 9.71. The number of hydrogen-bond donors (Lipinski definition) is 1. The molecule has 0 bridgehead atoms. The number of aliphatic hydroxyl groups excluding tert-OH is 1. The Morgan fingerprint density at radius 2 is 2.39 bits per heavy atom. The predicted molar refractivity (Wildman–Crippen MR) is 70.5 cm³/mol. The number of anilines is 1. The van der Waals surface area contributed by atoms with E-state index in [0.717, 1.165) is 12.0 Å². The highest BCUT2D eigenvalue weighted by atomic mass is 35.5. The summed E-state index contributed by atoms with van der Waals surface area (Å²) in [7, 11) is 0. The van der Waals surface area contributed by atoms with Crippen molar-refractivity contribution in [1.29, 1.82) is 0 Å². The molecule has 1 aliphatic rings. The molecule has 1 fully saturated rings. The van der Waals surface area contributed by atoms with Gasteiger partial charge in [-0.2, -0.15) is 0 Å². The number of hydrogen-bond acceptors (Lipinski definition) is 4. The molecule has 0 saturated carbocycles. The van der Waals surface area contributed by atoms with E-state index >= 15 is 0 Å². The van der Waals surface area contributed by atoms with Crippen LogP contribution in [0.3, 0.4) is 0 Å². The molecule has 1 aromatic carbocycles. The van der Waals surface area contributed by atoms with Crippen LogP contribution in [-0.4, -0.2) is 43.3 Å². The molecule has 0 spiro atoms. The van der Waals surface area contributed by atoms with Crippen LogP contribution in [0.2, 0.25) is 5.02 Å². The summed E-state index contributed by atoms with van der Waals surface area (Å²) in [6, 6.07) is 5.42. The molecule has 0 aromatic heterocycles. The fourth-order valence-electron chi connectivity index (χ4n) is 2.09. The van der Waals surface area contributed by atoms with Crippen molar-refractivity contribution in [3.05, 3.63) is 28.8 Å². The highest BCUT2D eigenvalue weighted by Gasteiger charge is 2.27. The highest BCUT2D eigenvalue weighted by molar-refractivity contribution is 6.33. The lowest BCUT2D eigenvalue weighted by molar-refractivity contribution is -0.0103. The first-order chi connectivity index (χ1) is 8.65. The van der Waals surface area contributed by atoms with Crippen LogP contribution in [0.15, 0.2) is 18.2 Å². The van der Waals surface area contributed by atoms with Crippen molar-refractivity contribution in [2.24, 2.45) is 0 Å². The lowest BCUT2D eigenvalue weighted by Crippen LogP contribution is -2.49. The second-order valence-electron chi connectivity index (χ2n) is 4.47. The van der Waals surface area contributed by atoms with Gasteiger partial charge >= 0.3 is 0 Å². The third-order valence-corrected chi connectivity index (χ3v) is 3.43. The Labute approximate surface area is 111 Å². The van der Waals surface area contributed by atoms with Gasteiger partial charge in [-0.15, -0.1) is 0 Å². The number of carbonyl (C=O) groups excluding carboxylic acids is 1. The summed E-state index contributed by atoms with van der Waals surface area (Å²) in [6.07, 6.45) is 0.581. The standard InChI is InChI=1S/C13H16ClNO3/c1-9-8-18-11(7-17)5-15(9)13-3-2-10(6-16)4-12(13)14/h2-4,6,9,11,17H,5,7-8H2,1H3. The van der Waals surface area contributed by atoms with Gasteiger partial charge in [-0.3, -0.25) is 4.79 Å². The van der Waals surface area contributed by atoms with Gasteiger partial charge < -0.3 is 14.7 Å². The molecule has 2 unspecified atom stereocenters. The number of aliphatic hydroxyl groups is 1. The maximum absolute atomic E-state index is 10.7. The Balaban J connectivity index is 2.26. The lowest BCUT2D eigenvalue weighted by atomic mass is 10.1. The van der Waals surface area contributed by atoms with Crippen molar-refractivity contribution in [1.82, 2.24) is 0 Å². The predicted octanol–water partition coefficient (Wildman–Crippen LogP) is 1.74. The normalized spacial score (nSPS) is 24.1. The average Bonchev–Trinajstić information content (AvgIpc) is 2.39. The molecule has 5 heteroatoms. The van der Waals surface area contributed by atoms with Gasteiger partial charge in [-0.1, -0.05) is 11.6 Å². The minimum absolute atomic E-state index is 0.00669. The van der Waals surface area contributed by atoms with Crippen LogP contribution in [0.1, 0.15) is 17.3 Å². The SMILES string of the molecule is CC1COC(CO)CN1c1ccc(C=O)cc1Cl. The molecular formula is C13H16ClNO3. The van der Waals surface area contributed by atoms with E-state index in [9.17, 15) is 4.79 Å². The quantitative estimate of drug-likeness (QED) is 0.850. The van der Waals surface area contributed by atoms with Crippen molar-refractivity contribution in [3.8, 4) is 0 Å². The van der Waals surface area contributed by atoms with Crippen LogP contribution >= 0.6 is 11.6 Å². The third kappa shape index (κ3) is 2.66. The number of nitrogens with zero attached hydrogens (tertiary/aromatic N) is 1. The van der Waals surface area contributed by atoms with Crippen molar-refractivity contribution in [2.75, 3.05) is 24.7 Å². The Kier molecular flexibility index (Phi) is 4.22. The molecule has 1 aromatic rings. The van der Waals surface area contributed by atoms with Crippen LogP contribution in [0.4, 0.5) is 5.69 Å². The molecule has 1 heterocycles. The first kappa shape index (κ1) is 13.3. The molecule has 0 aliphatic carbocycles. The fourth-order valence-corrected chi connectivity index (χ4v) is 2.39. The molecule has 1 aliphatic heterocycles. The molecule has 2 atom stereocenters. The minimum Gasteiger partial charge on any atom is -0.394 e. The largest absolute Gasteiger partial charge is 0.394 e. The second kappa shape index (κ2) is 5.69. The molecule has 0 radical (unpaired) electrons. The topological polar surface area (TPSA) is 49.8 Å². The lowest BCUT2D eigenvalue weighted by Gasteiger charge is -2.39. The van der Waals surface area contributed by atoms with Gasteiger partial charge in [0.05, 0.1) is 30.0 Å². The summed E-state index contributed by atoms with van der Waals surface area (Å²) in [5.74, 6) is 0. The maximum Gasteiger partial charge on any atom is 0.150 e. The van der Waals surface area contributed by atoms with E-state index in [1.807, 2.05) is 13.0 Å². The van der Waals surface area contributed by atoms with Gasteiger partial charge in [0.15, 0.2) is 0 Å². The van der Waals surface area contributed by atoms with Gasteiger partial charge in [0.25, 0.3) is 0 Å². The van der Waals surface area contributed by atoms with E-state index in [2.05, 4.69) is 4.90 Å². The van der Waals surface area contributed by atoms with Crippen LogP contribution in [0, 0.1) is 0 Å². The Morgan fingerprint density at radius 3 is 3.00 bits per heavy atom. The molecular weight excluding hydrogens is 254 g/mol. The van der Waals surface area contributed by atoms with Crippen LogP contribution in [0.5, 0.6) is 0 Å². The maximum atomic E-state index is 10.7. The Morgan fingerprint density at radius 1 is 1.61 bits per heavy atom. The number of benzene rings is 1. The smallest absolute Gasteiger partial charge is 0.150 e. The van der Waals surface area contributed by atoms with Crippen LogP contribution < -0.4 is 4.90 Å². The van der Waals surface area contributed by atoms with E-state index in [1.54, 1.807) is 12.1 Å². The third-order valence-electron chi connectivity index (χ3n) is 3.13. The van der Waals surface area contributed by atoms with Crippen molar-refractivity contribution < 1.29 is 14.6 Å². The minimum atomic E-state index is -0.192. The monoisotopic (exact) mass is 269 g/mol.